The van der Waals surface area contributed by atoms with Gasteiger partial charge in [-0.2, -0.15) is 0 Å². The van der Waals surface area contributed by atoms with E-state index < -0.39 is 9.84 Å². The number of aromatic nitrogens is 2. The normalized spacial score (nSPS) is 21.2. The van der Waals surface area contributed by atoms with E-state index in [2.05, 4.69) is 15.3 Å². The van der Waals surface area contributed by atoms with Gasteiger partial charge in [-0.15, -0.1) is 0 Å². The Kier molecular flexibility index (Phi) is 3.41. The molecule has 2 heterocycles. The molecule has 1 aliphatic heterocycles. The van der Waals surface area contributed by atoms with E-state index in [1.54, 1.807) is 0 Å². The van der Waals surface area contributed by atoms with Crippen LogP contribution in [0, 0.1) is 0 Å². The first kappa shape index (κ1) is 11.8. The van der Waals surface area contributed by atoms with Gasteiger partial charge in [0.05, 0.1) is 5.75 Å². The molecule has 16 heavy (non-hydrogen) atoms. The Balaban J connectivity index is 2.18. The van der Waals surface area contributed by atoms with Crippen molar-refractivity contribution in [3.63, 3.8) is 0 Å². The third-order valence-corrected chi connectivity index (χ3v) is 4.42. The van der Waals surface area contributed by atoms with Gasteiger partial charge in [0.25, 0.3) is 0 Å². The average Bonchev–Trinajstić information content (AvgIpc) is 2.70. The number of nitrogens with zero attached hydrogens (tertiary/aromatic N) is 2. The van der Waals surface area contributed by atoms with Gasteiger partial charge in [-0.1, -0.05) is 11.6 Å². The number of nitrogens with one attached hydrogen (secondary N) is 1. The zero-order valence-electron chi connectivity index (χ0n) is 8.56. The lowest BCUT2D eigenvalue weighted by Gasteiger charge is -2.09. The zero-order valence-corrected chi connectivity index (χ0v) is 10.1. The predicted molar refractivity (Wildman–Crippen MR) is 60.1 cm³/mol. The SMILES string of the molecule is O=S(=O)(C[C@H]1CCCN1)c1cc(Cl)ncn1. The van der Waals surface area contributed by atoms with Crippen LogP contribution in [0.4, 0.5) is 0 Å². The third kappa shape index (κ3) is 2.69. The summed E-state index contributed by atoms with van der Waals surface area (Å²) in [6, 6.07) is 1.31. The Morgan fingerprint density at radius 1 is 1.50 bits per heavy atom. The molecule has 1 N–H and O–H groups in total. The molecule has 1 saturated heterocycles. The summed E-state index contributed by atoms with van der Waals surface area (Å²) in [5.74, 6) is 0.0698. The number of hydrogen-bond donors (Lipinski definition) is 1. The molecule has 88 valence electrons. The number of halogens is 1. The van der Waals surface area contributed by atoms with Gasteiger partial charge in [0.1, 0.15) is 11.5 Å². The highest BCUT2D eigenvalue weighted by molar-refractivity contribution is 7.91. The second-order valence-corrected chi connectivity index (χ2v) is 6.12. The average molecular weight is 262 g/mol. The summed E-state index contributed by atoms with van der Waals surface area (Å²) in [5, 5.41) is 3.29. The van der Waals surface area contributed by atoms with Crippen molar-refractivity contribution in [3.8, 4) is 0 Å². The van der Waals surface area contributed by atoms with Crippen LogP contribution in [0.5, 0.6) is 0 Å². The molecule has 0 aromatic carbocycles. The fourth-order valence-corrected chi connectivity index (χ4v) is 3.43. The fraction of sp³-hybridized carbons (Fsp3) is 0.556. The molecule has 1 aromatic heterocycles. The van der Waals surface area contributed by atoms with E-state index in [4.69, 9.17) is 11.6 Å². The van der Waals surface area contributed by atoms with E-state index >= 15 is 0 Å². The molecule has 0 amide bonds. The first-order chi connectivity index (χ1) is 7.58. The molecule has 1 aromatic rings. The first-order valence-electron chi connectivity index (χ1n) is 5.01. The standard InChI is InChI=1S/C9H12ClN3O2S/c10-8-4-9(13-6-12-8)16(14,15)5-7-2-1-3-11-7/h4,6-7,11H,1-3,5H2/t7-/m1/s1. The van der Waals surface area contributed by atoms with Crippen molar-refractivity contribution in [2.75, 3.05) is 12.3 Å². The van der Waals surface area contributed by atoms with Crippen LogP contribution in [0.1, 0.15) is 12.8 Å². The van der Waals surface area contributed by atoms with E-state index in [-0.39, 0.29) is 22.0 Å². The lowest BCUT2D eigenvalue weighted by molar-refractivity contribution is 0.573. The van der Waals surface area contributed by atoms with Gasteiger partial charge in [-0.25, -0.2) is 18.4 Å². The topological polar surface area (TPSA) is 72.0 Å². The van der Waals surface area contributed by atoms with Gasteiger partial charge in [0.15, 0.2) is 14.9 Å². The fourth-order valence-electron chi connectivity index (χ4n) is 1.74. The zero-order chi connectivity index (χ0) is 11.6. The molecular formula is C9H12ClN3O2S. The summed E-state index contributed by atoms with van der Waals surface area (Å²) >= 11 is 5.64. The number of sulfone groups is 1. The number of rotatable bonds is 3. The predicted octanol–water partition coefficient (Wildman–Crippen LogP) is 0.656. The maximum Gasteiger partial charge on any atom is 0.197 e. The molecule has 0 aliphatic carbocycles. The van der Waals surface area contributed by atoms with Gasteiger partial charge < -0.3 is 5.32 Å². The summed E-state index contributed by atoms with van der Waals surface area (Å²) in [4.78, 5) is 7.40. The quantitative estimate of drug-likeness (QED) is 0.809. The molecule has 1 atom stereocenters. The van der Waals surface area contributed by atoms with E-state index in [0.29, 0.717) is 0 Å². The van der Waals surface area contributed by atoms with Gasteiger partial charge in [0.2, 0.25) is 0 Å². The van der Waals surface area contributed by atoms with Crippen molar-refractivity contribution in [1.29, 1.82) is 0 Å². The van der Waals surface area contributed by atoms with Crippen LogP contribution in [0.3, 0.4) is 0 Å². The van der Waals surface area contributed by atoms with Crippen LogP contribution >= 0.6 is 11.6 Å². The van der Waals surface area contributed by atoms with Gasteiger partial charge in [-0.3, -0.25) is 0 Å². The monoisotopic (exact) mass is 261 g/mol. The highest BCUT2D eigenvalue weighted by atomic mass is 35.5. The molecule has 7 heteroatoms. The van der Waals surface area contributed by atoms with Crippen LogP contribution in [0.15, 0.2) is 17.4 Å². The maximum atomic E-state index is 12.0. The molecule has 1 fully saturated rings. The Bertz CT molecular complexity index is 471. The minimum absolute atomic E-state index is 0.00111. The van der Waals surface area contributed by atoms with Gasteiger partial charge in [-0.05, 0) is 19.4 Å². The third-order valence-electron chi connectivity index (χ3n) is 2.51. The van der Waals surface area contributed by atoms with Crippen LogP contribution in [0.25, 0.3) is 0 Å². The summed E-state index contributed by atoms with van der Waals surface area (Å²) in [5.41, 5.74) is 0. The Labute approximate surface area is 99.2 Å². The Morgan fingerprint density at radius 3 is 2.94 bits per heavy atom. The van der Waals surface area contributed by atoms with Gasteiger partial charge in [0, 0.05) is 12.1 Å². The molecule has 0 unspecified atom stereocenters. The minimum atomic E-state index is -3.36. The lowest BCUT2D eigenvalue weighted by atomic mass is 10.3. The molecule has 0 spiro atoms. The molecule has 5 nitrogen and oxygen atoms in total. The van der Waals surface area contributed by atoms with E-state index in [0.717, 1.165) is 25.7 Å². The Morgan fingerprint density at radius 2 is 2.31 bits per heavy atom. The van der Waals surface area contributed by atoms with Crippen molar-refractivity contribution in [2.45, 2.75) is 23.9 Å². The highest BCUT2D eigenvalue weighted by Gasteiger charge is 2.24. The first-order valence-corrected chi connectivity index (χ1v) is 7.05. The summed E-state index contributed by atoms with van der Waals surface area (Å²) in [6.45, 7) is 0.880. The van der Waals surface area contributed by atoms with Crippen LogP contribution in [-0.4, -0.2) is 36.7 Å². The smallest absolute Gasteiger partial charge is 0.197 e. The Hall–Kier alpha value is -0.720. The largest absolute Gasteiger partial charge is 0.313 e. The highest BCUT2D eigenvalue weighted by Crippen LogP contribution is 2.15. The molecule has 0 bridgehead atoms. The van der Waals surface area contributed by atoms with E-state index in [9.17, 15) is 8.42 Å². The van der Waals surface area contributed by atoms with Crippen LogP contribution in [-0.2, 0) is 9.84 Å². The summed E-state index contributed by atoms with van der Waals surface area (Å²) in [7, 11) is -3.36. The molecular weight excluding hydrogens is 250 g/mol. The summed E-state index contributed by atoms with van der Waals surface area (Å²) < 4.78 is 23.9. The molecule has 0 radical (unpaired) electrons. The van der Waals surface area contributed by atoms with Crippen molar-refractivity contribution in [1.82, 2.24) is 15.3 Å². The minimum Gasteiger partial charge on any atom is -0.313 e. The van der Waals surface area contributed by atoms with Crippen molar-refractivity contribution < 1.29 is 8.42 Å². The van der Waals surface area contributed by atoms with Crippen molar-refractivity contribution in [2.24, 2.45) is 0 Å². The number of hydrogen-bond acceptors (Lipinski definition) is 5. The summed E-state index contributed by atoms with van der Waals surface area (Å²) in [6.07, 6.45) is 3.07. The van der Waals surface area contributed by atoms with Crippen molar-refractivity contribution in [3.05, 3.63) is 17.5 Å². The molecule has 1 aliphatic rings. The van der Waals surface area contributed by atoms with Gasteiger partial charge >= 0.3 is 0 Å². The maximum absolute atomic E-state index is 12.0. The van der Waals surface area contributed by atoms with Crippen LogP contribution in [0.2, 0.25) is 5.15 Å². The van der Waals surface area contributed by atoms with E-state index in [1.165, 1.54) is 6.07 Å². The van der Waals surface area contributed by atoms with Crippen LogP contribution < -0.4 is 5.32 Å². The van der Waals surface area contributed by atoms with Crippen molar-refractivity contribution >= 4 is 21.4 Å². The lowest BCUT2D eigenvalue weighted by Crippen LogP contribution is -2.30. The molecule has 0 saturated carbocycles. The second-order valence-electron chi connectivity index (χ2n) is 3.75. The second kappa shape index (κ2) is 4.65. The van der Waals surface area contributed by atoms with E-state index in [1.807, 2.05) is 0 Å². The molecule has 2 rings (SSSR count).